The first kappa shape index (κ1) is 25.1. The van der Waals surface area contributed by atoms with Crippen LogP contribution in [0.4, 0.5) is 26.7 Å². The Morgan fingerprint density at radius 3 is 1.88 bits per heavy atom. The monoisotopic (exact) mass is 459 g/mol. The number of carbonyl (C=O) groups excluding carboxylic acids is 2. The molecule has 0 aliphatic carbocycles. The van der Waals surface area contributed by atoms with Crippen molar-refractivity contribution in [3.63, 3.8) is 0 Å². The molecule has 0 radical (unpaired) electrons. The summed E-state index contributed by atoms with van der Waals surface area (Å²) in [5.74, 6) is -4.23. The second-order valence-electron chi connectivity index (χ2n) is 7.95. The van der Waals surface area contributed by atoms with Gasteiger partial charge in [0.15, 0.2) is 0 Å². The Balaban J connectivity index is 2.60. The summed E-state index contributed by atoms with van der Waals surface area (Å²) in [7, 11) is 1.03. The van der Waals surface area contributed by atoms with Crippen LogP contribution in [0.5, 0.6) is 0 Å². The van der Waals surface area contributed by atoms with Crippen molar-refractivity contribution in [2.45, 2.75) is 44.5 Å². The van der Waals surface area contributed by atoms with Crippen molar-refractivity contribution in [1.82, 2.24) is 5.32 Å². The molecule has 0 aliphatic rings. The van der Waals surface area contributed by atoms with E-state index in [-0.39, 0.29) is 11.1 Å². The Bertz CT molecular complexity index is 948. The number of carbonyl (C=O) groups is 2. The van der Waals surface area contributed by atoms with Crippen LogP contribution >= 0.6 is 0 Å². The molecule has 0 spiro atoms. The Hall–Kier alpha value is -3.17. The third-order valence-corrected chi connectivity index (χ3v) is 4.30. The van der Waals surface area contributed by atoms with Gasteiger partial charge in [0.05, 0.1) is 12.7 Å². The molecule has 0 saturated heterocycles. The smallest absolute Gasteiger partial charge is 0.416 e. The van der Waals surface area contributed by atoms with Crippen LogP contribution in [0.3, 0.4) is 0 Å². The van der Waals surface area contributed by atoms with Crippen LogP contribution in [-0.2, 0) is 20.4 Å². The molecule has 5 nitrogen and oxygen atoms in total. The highest BCUT2D eigenvalue weighted by atomic mass is 19.4. The van der Waals surface area contributed by atoms with Crippen molar-refractivity contribution < 1.29 is 41.0 Å². The van der Waals surface area contributed by atoms with Crippen LogP contribution in [0.15, 0.2) is 42.5 Å². The third kappa shape index (κ3) is 6.66. The maximum atomic E-state index is 13.9. The fraction of sp³-hybridized carbons (Fsp3) is 0.364. The topological polar surface area (TPSA) is 64.6 Å². The SMILES string of the molecule is COC(=O)[C@H](NC(=O)OC(C)(C)C)[C@H](c1ccc(C(F)(F)F)cc1)c1cc(F)cc(F)c1. The molecule has 1 N–H and O–H groups in total. The molecule has 0 saturated carbocycles. The van der Waals surface area contributed by atoms with Gasteiger partial charge >= 0.3 is 18.2 Å². The first-order chi connectivity index (χ1) is 14.7. The second-order valence-corrected chi connectivity index (χ2v) is 7.95. The summed E-state index contributed by atoms with van der Waals surface area (Å²) < 4.78 is 76.7. The zero-order valence-electron chi connectivity index (χ0n) is 17.7. The molecule has 2 atom stereocenters. The third-order valence-electron chi connectivity index (χ3n) is 4.30. The van der Waals surface area contributed by atoms with Crippen molar-refractivity contribution in [1.29, 1.82) is 0 Å². The molecule has 0 fully saturated rings. The molecule has 0 bridgehead atoms. The first-order valence-electron chi connectivity index (χ1n) is 9.42. The maximum absolute atomic E-state index is 13.9. The predicted molar refractivity (Wildman–Crippen MR) is 105 cm³/mol. The summed E-state index contributed by atoms with van der Waals surface area (Å²) in [4.78, 5) is 24.9. The molecule has 0 aromatic heterocycles. The number of amides is 1. The van der Waals surface area contributed by atoms with E-state index in [9.17, 15) is 31.5 Å². The highest BCUT2D eigenvalue weighted by molar-refractivity contribution is 5.83. The molecule has 0 heterocycles. The van der Waals surface area contributed by atoms with Crippen molar-refractivity contribution in [3.05, 3.63) is 70.8 Å². The minimum absolute atomic E-state index is 0.0782. The number of nitrogens with one attached hydrogen (secondary N) is 1. The number of hydrogen-bond acceptors (Lipinski definition) is 4. The molecule has 174 valence electrons. The number of hydrogen-bond donors (Lipinski definition) is 1. The van der Waals surface area contributed by atoms with E-state index >= 15 is 0 Å². The fourth-order valence-corrected chi connectivity index (χ4v) is 3.05. The minimum Gasteiger partial charge on any atom is -0.467 e. The van der Waals surface area contributed by atoms with Gasteiger partial charge in [-0.3, -0.25) is 0 Å². The van der Waals surface area contributed by atoms with Gasteiger partial charge in [-0.15, -0.1) is 0 Å². The van der Waals surface area contributed by atoms with Crippen LogP contribution in [0, 0.1) is 11.6 Å². The van der Waals surface area contributed by atoms with E-state index in [0.717, 1.165) is 43.5 Å². The molecule has 32 heavy (non-hydrogen) atoms. The summed E-state index contributed by atoms with van der Waals surface area (Å²) in [5, 5.41) is 2.30. The standard InChI is InChI=1S/C22H22F5NO4/c1-21(2,3)32-20(30)28-18(19(29)31-4)17(13-9-15(23)11-16(24)10-13)12-5-7-14(8-6-12)22(25,26)27/h5-11,17-18H,1-4H3,(H,28,30)/t17-,18-/m1/s1. The van der Waals surface area contributed by atoms with Gasteiger partial charge in [-0.05, 0) is 56.2 Å². The van der Waals surface area contributed by atoms with E-state index in [1.54, 1.807) is 20.8 Å². The number of rotatable bonds is 5. The lowest BCUT2D eigenvalue weighted by Crippen LogP contribution is -2.47. The first-order valence-corrected chi connectivity index (χ1v) is 9.42. The highest BCUT2D eigenvalue weighted by Gasteiger charge is 2.36. The fourth-order valence-electron chi connectivity index (χ4n) is 3.05. The van der Waals surface area contributed by atoms with Crippen LogP contribution in [0.25, 0.3) is 0 Å². The van der Waals surface area contributed by atoms with Crippen molar-refractivity contribution in [2.24, 2.45) is 0 Å². The lowest BCUT2D eigenvalue weighted by atomic mass is 9.84. The van der Waals surface area contributed by atoms with Crippen molar-refractivity contribution >= 4 is 12.1 Å². The number of benzene rings is 2. The Morgan fingerprint density at radius 1 is 0.906 bits per heavy atom. The van der Waals surface area contributed by atoms with Gasteiger partial charge in [0.25, 0.3) is 0 Å². The lowest BCUT2D eigenvalue weighted by Gasteiger charge is -2.28. The van der Waals surface area contributed by atoms with Crippen molar-refractivity contribution in [2.75, 3.05) is 7.11 Å². The van der Waals surface area contributed by atoms with Gasteiger partial charge in [0, 0.05) is 12.0 Å². The summed E-state index contributed by atoms with van der Waals surface area (Å²) in [6.07, 6.45) is -5.64. The Labute approximate surface area is 181 Å². The van der Waals surface area contributed by atoms with E-state index in [1.807, 2.05) is 0 Å². The van der Waals surface area contributed by atoms with Crippen LogP contribution in [0.1, 0.15) is 43.4 Å². The number of alkyl carbamates (subject to hydrolysis) is 1. The average Bonchev–Trinajstić information content (AvgIpc) is 2.64. The zero-order chi connectivity index (χ0) is 24.3. The second kappa shape index (κ2) is 9.54. The molecular weight excluding hydrogens is 437 g/mol. The summed E-state index contributed by atoms with van der Waals surface area (Å²) in [6, 6.07) is 4.51. The predicted octanol–water partition coefficient (Wildman–Crippen LogP) is 5.18. The van der Waals surface area contributed by atoms with Gasteiger partial charge in [0.2, 0.25) is 0 Å². The van der Waals surface area contributed by atoms with Gasteiger partial charge in [0.1, 0.15) is 23.3 Å². The van der Waals surface area contributed by atoms with E-state index in [0.29, 0.717) is 6.07 Å². The minimum atomic E-state index is -4.62. The molecule has 2 rings (SSSR count). The normalized spacial score (nSPS) is 13.8. The summed E-state index contributed by atoms with van der Waals surface area (Å²) in [6.45, 7) is 4.74. The quantitative estimate of drug-likeness (QED) is 0.494. The van der Waals surface area contributed by atoms with E-state index in [2.05, 4.69) is 5.32 Å². The number of alkyl halides is 3. The van der Waals surface area contributed by atoms with Crippen molar-refractivity contribution in [3.8, 4) is 0 Å². The van der Waals surface area contributed by atoms with Gasteiger partial charge < -0.3 is 14.8 Å². The number of esters is 1. The maximum Gasteiger partial charge on any atom is 0.416 e. The van der Waals surface area contributed by atoms with Crippen LogP contribution in [0.2, 0.25) is 0 Å². The zero-order valence-corrected chi connectivity index (χ0v) is 17.7. The number of ether oxygens (including phenoxy) is 2. The summed E-state index contributed by atoms with van der Waals surface area (Å²) >= 11 is 0. The van der Waals surface area contributed by atoms with E-state index < -0.39 is 53.0 Å². The number of methoxy groups -OCH3 is 1. The Morgan fingerprint density at radius 2 is 1.44 bits per heavy atom. The largest absolute Gasteiger partial charge is 0.467 e. The van der Waals surface area contributed by atoms with E-state index in [1.165, 1.54) is 0 Å². The van der Waals surface area contributed by atoms with Crippen LogP contribution in [-0.4, -0.2) is 30.8 Å². The molecule has 2 aromatic rings. The van der Waals surface area contributed by atoms with E-state index in [4.69, 9.17) is 9.47 Å². The number of halogens is 5. The van der Waals surface area contributed by atoms with Gasteiger partial charge in [-0.1, -0.05) is 12.1 Å². The molecule has 2 aromatic carbocycles. The van der Waals surface area contributed by atoms with Crippen LogP contribution < -0.4 is 5.32 Å². The molecule has 0 aliphatic heterocycles. The lowest BCUT2D eigenvalue weighted by molar-refractivity contribution is -0.143. The van der Waals surface area contributed by atoms with Gasteiger partial charge in [-0.2, -0.15) is 13.2 Å². The molecule has 10 heteroatoms. The molecule has 1 amide bonds. The molecule has 0 unspecified atom stereocenters. The average molecular weight is 459 g/mol. The molecular formula is C22H22F5NO4. The highest BCUT2D eigenvalue weighted by Crippen LogP contribution is 2.34. The Kier molecular flexibility index (Phi) is 7.48. The summed E-state index contributed by atoms with van der Waals surface area (Å²) in [5.41, 5.74) is -1.91. The van der Waals surface area contributed by atoms with Gasteiger partial charge in [-0.25, -0.2) is 18.4 Å².